The fourth-order valence-electron chi connectivity index (χ4n) is 9.59. The molecule has 71 heavy (non-hydrogen) atoms. The van der Waals surface area contributed by atoms with E-state index in [2.05, 4.69) is 15.1 Å². The fourth-order valence-corrected chi connectivity index (χ4v) is 10.0. The molecular weight excluding hydrogens is 937 g/mol. The summed E-state index contributed by atoms with van der Waals surface area (Å²) in [7, 11) is -3.48. The van der Waals surface area contributed by atoms with E-state index in [1.807, 2.05) is 53.4 Å². The number of carbonyl (C=O) groups is 2. The second kappa shape index (κ2) is 22.7. The molecular formula is C55H56F4N4O7S. The van der Waals surface area contributed by atoms with Gasteiger partial charge in [0.25, 0.3) is 10.1 Å². The molecule has 0 atom stereocenters. The Bertz CT molecular complexity index is 2770. The van der Waals surface area contributed by atoms with E-state index in [9.17, 15) is 35.6 Å². The lowest BCUT2D eigenvalue weighted by atomic mass is 9.84. The highest BCUT2D eigenvalue weighted by molar-refractivity contribution is 7.85. The van der Waals surface area contributed by atoms with Gasteiger partial charge in [-0.3, -0.25) is 4.18 Å². The molecule has 0 saturated carbocycles. The highest BCUT2D eigenvalue weighted by Crippen LogP contribution is 2.45. The number of esters is 2. The molecule has 0 amide bonds. The number of anilines is 4. The summed E-state index contributed by atoms with van der Waals surface area (Å²) in [5.74, 6) is -1.65. The SMILES string of the molecule is CS(=O)(=O)OCCCN(c1ccc(F)cc1)c1ccc(F)cc1.O=C1OC2(CCN(CCCN(c3ccc(F)cc3)c3ccc(F)cc3)CC2)c2ccccc21.O=C1OC2(CCNCC2)c2ccccc21. The van der Waals surface area contributed by atoms with Crippen LogP contribution < -0.4 is 15.1 Å². The Morgan fingerprint density at radius 2 is 0.915 bits per heavy atom. The maximum Gasteiger partial charge on any atom is 0.339 e. The van der Waals surface area contributed by atoms with Gasteiger partial charge >= 0.3 is 11.9 Å². The van der Waals surface area contributed by atoms with Crippen molar-refractivity contribution in [1.29, 1.82) is 0 Å². The molecule has 4 heterocycles. The van der Waals surface area contributed by atoms with Crippen molar-refractivity contribution in [2.45, 2.75) is 49.7 Å². The van der Waals surface area contributed by atoms with Gasteiger partial charge in [-0.25, -0.2) is 27.2 Å². The Morgan fingerprint density at radius 3 is 1.31 bits per heavy atom. The van der Waals surface area contributed by atoms with Crippen molar-refractivity contribution >= 4 is 44.8 Å². The first-order chi connectivity index (χ1) is 34.2. The lowest BCUT2D eigenvalue weighted by molar-refractivity contribution is -0.0429. The van der Waals surface area contributed by atoms with Crippen LogP contribution in [0, 0.1) is 23.3 Å². The van der Waals surface area contributed by atoms with Gasteiger partial charge in [0.15, 0.2) is 0 Å². The van der Waals surface area contributed by atoms with Crippen molar-refractivity contribution in [2.75, 3.05) is 68.5 Å². The van der Waals surface area contributed by atoms with E-state index in [-0.39, 0.29) is 47.4 Å². The molecule has 2 fully saturated rings. The average molecular weight is 993 g/mol. The third-order valence-corrected chi connectivity index (χ3v) is 13.8. The molecule has 372 valence electrons. The molecule has 6 aromatic carbocycles. The van der Waals surface area contributed by atoms with E-state index in [1.165, 1.54) is 48.5 Å². The number of nitrogens with zero attached hydrogens (tertiary/aromatic N) is 3. The Morgan fingerprint density at radius 1 is 0.549 bits per heavy atom. The molecule has 0 bridgehead atoms. The summed E-state index contributed by atoms with van der Waals surface area (Å²) in [5.41, 5.74) is 5.90. The van der Waals surface area contributed by atoms with Gasteiger partial charge in [-0.05, 0) is 142 Å². The lowest BCUT2D eigenvalue weighted by Crippen LogP contribution is -2.43. The van der Waals surface area contributed by atoms with Crippen LogP contribution in [0.5, 0.6) is 0 Å². The maximum atomic E-state index is 13.4. The third-order valence-electron chi connectivity index (χ3n) is 13.2. The van der Waals surface area contributed by atoms with Gasteiger partial charge in [-0.15, -0.1) is 0 Å². The number of benzene rings is 6. The number of hydrogen-bond acceptors (Lipinski definition) is 11. The highest BCUT2D eigenvalue weighted by atomic mass is 32.2. The summed E-state index contributed by atoms with van der Waals surface area (Å²) < 4.78 is 91.1. The zero-order valence-corrected chi connectivity index (χ0v) is 40.2. The van der Waals surface area contributed by atoms with Crippen LogP contribution in [0.1, 0.15) is 70.4 Å². The largest absolute Gasteiger partial charge is 0.450 e. The van der Waals surface area contributed by atoms with Gasteiger partial charge in [0.2, 0.25) is 0 Å². The zero-order chi connectivity index (χ0) is 50.0. The minimum atomic E-state index is -3.48. The van der Waals surface area contributed by atoms with Crippen LogP contribution in [-0.2, 0) is 35.0 Å². The summed E-state index contributed by atoms with van der Waals surface area (Å²) in [6, 6.07) is 39.9. The zero-order valence-electron chi connectivity index (χ0n) is 39.4. The Balaban J connectivity index is 0.000000154. The summed E-state index contributed by atoms with van der Waals surface area (Å²) in [4.78, 5) is 30.3. The number of fused-ring (bicyclic) bond motifs is 4. The van der Waals surface area contributed by atoms with Gasteiger partial charge in [0.1, 0.15) is 34.5 Å². The van der Waals surface area contributed by atoms with Crippen LogP contribution >= 0.6 is 0 Å². The summed E-state index contributed by atoms with van der Waals surface area (Å²) >= 11 is 0. The first-order valence-corrected chi connectivity index (χ1v) is 25.5. The predicted molar refractivity (Wildman–Crippen MR) is 264 cm³/mol. The van der Waals surface area contributed by atoms with E-state index >= 15 is 0 Å². The second-order valence-electron chi connectivity index (χ2n) is 17.9. The van der Waals surface area contributed by atoms with Gasteiger partial charge in [-0.1, -0.05) is 36.4 Å². The summed E-state index contributed by atoms with van der Waals surface area (Å²) in [6.07, 6.45) is 5.65. The van der Waals surface area contributed by atoms with Crippen LogP contribution in [-0.4, -0.2) is 83.9 Å². The molecule has 11 nitrogen and oxygen atoms in total. The van der Waals surface area contributed by atoms with E-state index in [0.717, 1.165) is 117 Å². The molecule has 6 aromatic rings. The van der Waals surface area contributed by atoms with Crippen LogP contribution in [0.4, 0.5) is 40.3 Å². The van der Waals surface area contributed by atoms with E-state index in [0.29, 0.717) is 18.5 Å². The second-order valence-corrected chi connectivity index (χ2v) is 19.5. The van der Waals surface area contributed by atoms with Crippen LogP contribution in [0.25, 0.3) is 0 Å². The molecule has 1 N–H and O–H groups in total. The number of halogens is 4. The molecule has 0 aliphatic carbocycles. The van der Waals surface area contributed by atoms with Crippen LogP contribution in [0.3, 0.4) is 0 Å². The molecule has 2 saturated heterocycles. The number of ether oxygens (including phenoxy) is 2. The molecule has 4 aliphatic heterocycles. The van der Waals surface area contributed by atoms with E-state index < -0.39 is 15.7 Å². The highest BCUT2D eigenvalue weighted by Gasteiger charge is 2.47. The van der Waals surface area contributed by atoms with Gasteiger partial charge in [0, 0.05) is 85.7 Å². The molecule has 2 spiro atoms. The standard InChI is InChI=1S/C27H26F2N2O2.C16H17F2NO3S.C12H13NO2/c28-20-6-10-22(11-7-20)31(23-12-8-21(29)9-13-23)17-3-16-30-18-14-27(15-19-30)25-5-2-1-4-24(25)26(32)33-27;1-23(20,21)22-12-2-11-19(15-7-3-13(17)4-8-15)16-9-5-14(18)6-10-16;14-11-9-3-1-2-4-10(9)12(15-11)5-7-13-8-6-12/h1-2,4-13H,3,14-19H2;3-10H,2,11-12H2,1H3;1-4,13H,5-8H2. The number of nitrogens with one attached hydrogen (secondary N) is 1. The molecule has 10 rings (SSSR count). The van der Waals surface area contributed by atoms with Crippen LogP contribution in [0.2, 0.25) is 0 Å². The number of rotatable bonds is 13. The Hall–Kier alpha value is -6.59. The molecule has 0 aromatic heterocycles. The molecule has 0 radical (unpaired) electrons. The van der Waals surface area contributed by atoms with Gasteiger partial charge in [-0.2, -0.15) is 8.42 Å². The van der Waals surface area contributed by atoms with Crippen molar-refractivity contribution < 1.29 is 49.2 Å². The lowest BCUT2D eigenvalue weighted by Gasteiger charge is -2.39. The van der Waals surface area contributed by atoms with Crippen molar-refractivity contribution in [2.24, 2.45) is 0 Å². The number of hydrogen-bond donors (Lipinski definition) is 1. The normalized spacial score (nSPS) is 16.4. The van der Waals surface area contributed by atoms with E-state index in [4.69, 9.17) is 13.7 Å². The summed E-state index contributed by atoms with van der Waals surface area (Å²) in [6.45, 7) is 5.64. The van der Waals surface area contributed by atoms with Crippen molar-refractivity contribution in [3.05, 3.63) is 191 Å². The maximum absolute atomic E-state index is 13.4. The minimum absolute atomic E-state index is 0.0394. The number of piperidine rings is 2. The molecule has 4 aliphatic rings. The van der Waals surface area contributed by atoms with Crippen LogP contribution in [0.15, 0.2) is 146 Å². The monoisotopic (exact) mass is 992 g/mol. The average Bonchev–Trinajstić information content (AvgIpc) is 3.80. The number of likely N-dealkylation sites (tertiary alicyclic amines) is 1. The molecule has 0 unspecified atom stereocenters. The van der Waals surface area contributed by atoms with Crippen molar-refractivity contribution in [3.8, 4) is 0 Å². The smallest absolute Gasteiger partial charge is 0.339 e. The van der Waals surface area contributed by atoms with Gasteiger partial charge < -0.3 is 29.5 Å². The topological polar surface area (TPSA) is 118 Å². The quantitative estimate of drug-likeness (QED) is 0.0516. The Kier molecular flexibility index (Phi) is 16.2. The predicted octanol–water partition coefficient (Wildman–Crippen LogP) is 10.6. The van der Waals surface area contributed by atoms with E-state index in [1.54, 1.807) is 48.5 Å². The minimum Gasteiger partial charge on any atom is -0.450 e. The first-order valence-electron chi connectivity index (χ1n) is 23.7. The number of carbonyl (C=O) groups excluding carboxylic acids is 2. The first kappa shape index (κ1) is 50.8. The molecule has 16 heteroatoms. The van der Waals surface area contributed by atoms with Gasteiger partial charge in [0.05, 0.1) is 24.0 Å². The Labute approximate surface area is 412 Å². The third kappa shape index (κ3) is 12.7. The van der Waals surface area contributed by atoms with Crippen molar-refractivity contribution in [3.63, 3.8) is 0 Å². The summed E-state index contributed by atoms with van der Waals surface area (Å²) in [5, 5.41) is 3.29. The fraction of sp³-hybridized carbons (Fsp3) is 0.309. The van der Waals surface area contributed by atoms with Crippen molar-refractivity contribution in [1.82, 2.24) is 10.2 Å².